The van der Waals surface area contributed by atoms with Crippen LogP contribution in [-0.4, -0.2) is 48.8 Å². The Labute approximate surface area is 197 Å². The largest absolute Gasteiger partial charge is 0.340 e. The maximum absolute atomic E-state index is 13.5. The van der Waals surface area contributed by atoms with Crippen molar-refractivity contribution in [2.24, 2.45) is 0 Å². The van der Waals surface area contributed by atoms with Crippen molar-refractivity contribution in [2.45, 2.75) is 37.5 Å². The molecule has 0 unspecified atom stereocenters. The smallest absolute Gasteiger partial charge is 0.255 e. The molecule has 0 spiro atoms. The van der Waals surface area contributed by atoms with E-state index in [-0.39, 0.29) is 47.9 Å². The van der Waals surface area contributed by atoms with Gasteiger partial charge in [-0.3, -0.25) is 4.79 Å². The van der Waals surface area contributed by atoms with E-state index >= 15 is 0 Å². The number of anilines is 2. The minimum Gasteiger partial charge on any atom is -0.340 e. The SMILES string of the molecule is Cl.O=C(c1cnc(Nc2ccc(F)c(Cl)c2)c2c1C1CCC2CC1)N1CCS(=O)(=O)CC1. The van der Waals surface area contributed by atoms with Crippen molar-refractivity contribution in [1.82, 2.24) is 9.88 Å². The van der Waals surface area contributed by atoms with Gasteiger partial charge >= 0.3 is 0 Å². The van der Waals surface area contributed by atoms with Crippen LogP contribution in [0.1, 0.15) is 59.0 Å². The number of nitrogens with zero attached hydrogens (tertiary/aromatic N) is 2. The number of hydrogen-bond donors (Lipinski definition) is 1. The molecule has 172 valence electrons. The molecule has 4 aliphatic rings. The van der Waals surface area contributed by atoms with Gasteiger partial charge in [0.25, 0.3) is 5.91 Å². The predicted molar refractivity (Wildman–Crippen MR) is 125 cm³/mol. The minimum absolute atomic E-state index is 0. The van der Waals surface area contributed by atoms with Crippen LogP contribution in [0.4, 0.5) is 15.9 Å². The molecule has 2 bridgehead atoms. The third-order valence-electron chi connectivity index (χ3n) is 6.75. The summed E-state index contributed by atoms with van der Waals surface area (Å²) in [5.74, 6) is 0.697. The highest BCUT2D eigenvalue weighted by Gasteiger charge is 2.39. The van der Waals surface area contributed by atoms with E-state index in [1.807, 2.05) is 0 Å². The fourth-order valence-electron chi connectivity index (χ4n) is 5.13. The molecule has 1 aromatic carbocycles. The topological polar surface area (TPSA) is 79.4 Å². The number of sulfone groups is 1. The Morgan fingerprint density at radius 1 is 1.09 bits per heavy atom. The first-order chi connectivity index (χ1) is 14.8. The van der Waals surface area contributed by atoms with E-state index in [4.69, 9.17) is 11.6 Å². The third kappa shape index (κ3) is 4.20. The number of rotatable bonds is 3. The second-order valence-electron chi connectivity index (χ2n) is 8.59. The van der Waals surface area contributed by atoms with Crippen molar-refractivity contribution in [2.75, 3.05) is 29.9 Å². The molecule has 32 heavy (non-hydrogen) atoms. The molecule has 10 heteroatoms. The van der Waals surface area contributed by atoms with Crippen LogP contribution >= 0.6 is 24.0 Å². The Morgan fingerprint density at radius 2 is 1.72 bits per heavy atom. The van der Waals surface area contributed by atoms with E-state index in [1.165, 1.54) is 12.1 Å². The molecule has 6 nitrogen and oxygen atoms in total. The maximum Gasteiger partial charge on any atom is 0.255 e. The Morgan fingerprint density at radius 3 is 2.34 bits per heavy atom. The lowest BCUT2D eigenvalue weighted by Gasteiger charge is -2.40. The third-order valence-corrected chi connectivity index (χ3v) is 8.65. The molecular formula is C22H24Cl2FN3O3S. The van der Waals surface area contributed by atoms with E-state index in [0.717, 1.165) is 36.8 Å². The molecule has 1 N–H and O–H groups in total. The zero-order chi connectivity index (χ0) is 21.8. The van der Waals surface area contributed by atoms with Crippen LogP contribution in [0.25, 0.3) is 0 Å². The van der Waals surface area contributed by atoms with E-state index in [0.29, 0.717) is 28.9 Å². The predicted octanol–water partition coefficient (Wildman–Crippen LogP) is 4.66. The molecular weight excluding hydrogens is 476 g/mol. The number of nitrogens with one attached hydrogen (secondary N) is 1. The lowest BCUT2D eigenvalue weighted by molar-refractivity contribution is 0.0767. The van der Waals surface area contributed by atoms with E-state index in [2.05, 4.69) is 10.3 Å². The molecule has 1 aromatic heterocycles. The van der Waals surface area contributed by atoms with Gasteiger partial charge in [0.15, 0.2) is 9.84 Å². The number of carbonyl (C=O) groups is 1. The molecule has 1 amide bonds. The van der Waals surface area contributed by atoms with Crippen LogP contribution in [0, 0.1) is 5.82 Å². The Hall–Kier alpha value is -1.90. The number of hydrogen-bond acceptors (Lipinski definition) is 5. The summed E-state index contributed by atoms with van der Waals surface area (Å²) in [5, 5.41) is 3.31. The number of aromatic nitrogens is 1. The molecule has 6 rings (SSSR count). The van der Waals surface area contributed by atoms with E-state index < -0.39 is 15.7 Å². The first-order valence-corrected chi connectivity index (χ1v) is 12.8. The normalized spacial score (nSPS) is 23.2. The lowest BCUT2D eigenvalue weighted by Crippen LogP contribution is -2.44. The van der Waals surface area contributed by atoms with Crippen molar-refractivity contribution >= 4 is 51.3 Å². The molecule has 2 heterocycles. The van der Waals surface area contributed by atoms with Gasteiger partial charge in [0, 0.05) is 30.5 Å². The van der Waals surface area contributed by atoms with Crippen LogP contribution < -0.4 is 5.32 Å². The molecule has 3 aliphatic carbocycles. The standard InChI is InChI=1S/C22H23ClFN3O3S.ClH/c23-17-11-15(5-6-18(17)24)26-21-20-14-3-1-13(2-4-14)19(20)16(12-25-21)22(28)27-7-9-31(29,30)10-8-27;/h5-6,11-14H,1-4,7-10H2,(H,25,26);1H. The monoisotopic (exact) mass is 499 g/mol. The molecule has 1 saturated carbocycles. The van der Waals surface area contributed by atoms with Gasteiger partial charge in [0.1, 0.15) is 11.6 Å². The van der Waals surface area contributed by atoms with Gasteiger partial charge in [-0.05, 0) is 61.3 Å². The van der Waals surface area contributed by atoms with Gasteiger partial charge in [-0.25, -0.2) is 17.8 Å². The van der Waals surface area contributed by atoms with Gasteiger partial charge in [0.2, 0.25) is 0 Å². The van der Waals surface area contributed by atoms with Gasteiger partial charge in [0.05, 0.1) is 22.1 Å². The van der Waals surface area contributed by atoms with Crippen LogP contribution in [0.15, 0.2) is 24.4 Å². The van der Waals surface area contributed by atoms with Crippen molar-refractivity contribution in [1.29, 1.82) is 0 Å². The first kappa shape index (κ1) is 23.3. The molecule has 2 fully saturated rings. The van der Waals surface area contributed by atoms with Crippen LogP contribution in [0.3, 0.4) is 0 Å². The average molecular weight is 500 g/mol. The highest BCUT2D eigenvalue weighted by Crippen LogP contribution is 2.52. The van der Waals surface area contributed by atoms with Gasteiger partial charge in [-0.2, -0.15) is 0 Å². The average Bonchev–Trinajstić information content (AvgIpc) is 2.77. The first-order valence-electron chi connectivity index (χ1n) is 10.6. The summed E-state index contributed by atoms with van der Waals surface area (Å²) >= 11 is 5.93. The van der Waals surface area contributed by atoms with Crippen LogP contribution in [0.2, 0.25) is 5.02 Å². The molecule has 1 aliphatic heterocycles. The van der Waals surface area contributed by atoms with Gasteiger partial charge in [-0.1, -0.05) is 11.6 Å². The summed E-state index contributed by atoms with van der Waals surface area (Å²) in [6.07, 6.45) is 5.80. The number of carbonyl (C=O) groups excluding carboxylic acids is 1. The number of halogens is 3. The van der Waals surface area contributed by atoms with Crippen LogP contribution in [-0.2, 0) is 9.84 Å². The molecule has 0 radical (unpaired) electrons. The summed E-state index contributed by atoms with van der Waals surface area (Å²) in [4.78, 5) is 19.5. The lowest BCUT2D eigenvalue weighted by atomic mass is 9.66. The Kier molecular flexibility index (Phi) is 6.40. The zero-order valence-electron chi connectivity index (χ0n) is 17.3. The quantitative estimate of drug-likeness (QED) is 0.663. The van der Waals surface area contributed by atoms with Crippen LogP contribution in [0.5, 0.6) is 0 Å². The minimum atomic E-state index is -3.06. The van der Waals surface area contributed by atoms with Gasteiger partial charge < -0.3 is 10.2 Å². The number of fused-ring (bicyclic) bond motifs is 2. The number of benzene rings is 1. The van der Waals surface area contributed by atoms with Gasteiger partial charge in [-0.15, -0.1) is 12.4 Å². The maximum atomic E-state index is 13.5. The van der Waals surface area contributed by atoms with Crippen molar-refractivity contribution < 1.29 is 17.6 Å². The van der Waals surface area contributed by atoms with Crippen molar-refractivity contribution in [3.8, 4) is 0 Å². The molecule has 1 saturated heterocycles. The Bertz CT molecular complexity index is 1150. The highest BCUT2D eigenvalue weighted by molar-refractivity contribution is 7.91. The van der Waals surface area contributed by atoms with Crippen molar-refractivity contribution in [3.63, 3.8) is 0 Å². The van der Waals surface area contributed by atoms with E-state index in [9.17, 15) is 17.6 Å². The second kappa shape index (κ2) is 8.80. The highest BCUT2D eigenvalue weighted by atomic mass is 35.5. The fourth-order valence-corrected chi connectivity index (χ4v) is 6.51. The fraction of sp³-hybridized carbons (Fsp3) is 0.455. The second-order valence-corrected chi connectivity index (χ2v) is 11.3. The zero-order valence-corrected chi connectivity index (χ0v) is 19.7. The van der Waals surface area contributed by atoms with Crippen molar-refractivity contribution in [3.05, 3.63) is 51.9 Å². The summed E-state index contributed by atoms with van der Waals surface area (Å²) in [6, 6.07) is 4.45. The summed E-state index contributed by atoms with van der Waals surface area (Å²) in [5.41, 5.74) is 3.35. The summed E-state index contributed by atoms with van der Waals surface area (Å²) in [7, 11) is -3.06. The Balaban J connectivity index is 0.00000245. The molecule has 0 atom stereocenters. The molecule has 2 aromatic rings. The van der Waals surface area contributed by atoms with E-state index in [1.54, 1.807) is 17.2 Å². The number of amides is 1. The number of pyridine rings is 1. The summed E-state index contributed by atoms with van der Waals surface area (Å²) < 4.78 is 37.1. The summed E-state index contributed by atoms with van der Waals surface area (Å²) in [6.45, 7) is 0.441.